The molecule has 1 heterocycles. The first-order valence-corrected chi connectivity index (χ1v) is 19.1. The van der Waals surface area contributed by atoms with Crippen LogP contribution in [0.5, 0.6) is 0 Å². The third kappa shape index (κ3) is 12.1. The van der Waals surface area contributed by atoms with Gasteiger partial charge in [0.1, 0.15) is 4.99 Å². The molecule has 3 N–H and O–H groups in total. The molecule has 0 aliphatic carbocycles. The molecule has 0 amide bonds. The van der Waals surface area contributed by atoms with Crippen molar-refractivity contribution in [2.24, 2.45) is 0 Å². The summed E-state index contributed by atoms with van der Waals surface area (Å²) in [5.74, 6) is 0. The molecule has 1 aliphatic heterocycles. The number of hydrazine groups is 2. The zero-order valence-corrected chi connectivity index (χ0v) is 30.2. The van der Waals surface area contributed by atoms with Gasteiger partial charge in [-0.1, -0.05) is 139 Å². The van der Waals surface area contributed by atoms with Gasteiger partial charge in [0.15, 0.2) is 0 Å². The highest BCUT2D eigenvalue weighted by Crippen LogP contribution is 2.29. The summed E-state index contributed by atoms with van der Waals surface area (Å²) in [7, 11) is 0. The second-order valence-electron chi connectivity index (χ2n) is 13.2. The molecule has 0 atom stereocenters. The van der Waals surface area contributed by atoms with E-state index in [-0.39, 0.29) is 0 Å². The fraction of sp³-hybridized carbons (Fsp3) is 0.372. The van der Waals surface area contributed by atoms with Gasteiger partial charge in [0.25, 0.3) is 0 Å². The normalized spacial score (nSPS) is 13.0. The van der Waals surface area contributed by atoms with Crippen molar-refractivity contribution in [3.8, 4) is 0 Å². The van der Waals surface area contributed by atoms with Gasteiger partial charge in [-0.3, -0.25) is 5.01 Å². The van der Waals surface area contributed by atoms with Crippen molar-refractivity contribution < 1.29 is 0 Å². The number of rotatable bonds is 21. The van der Waals surface area contributed by atoms with Crippen LogP contribution in [0, 0.1) is 0 Å². The Morgan fingerprint density at radius 1 is 0.490 bits per heavy atom. The van der Waals surface area contributed by atoms with E-state index in [1.165, 1.54) is 89.0 Å². The predicted octanol–water partition coefficient (Wildman–Crippen LogP) is 13.0. The summed E-state index contributed by atoms with van der Waals surface area (Å²) < 4.78 is 0. The van der Waals surface area contributed by atoms with Gasteiger partial charge >= 0.3 is 0 Å². The highest BCUT2D eigenvalue weighted by Gasteiger charge is 2.24. The molecule has 0 fully saturated rings. The van der Waals surface area contributed by atoms with Crippen molar-refractivity contribution in [2.75, 3.05) is 20.7 Å². The second kappa shape index (κ2) is 20.4. The maximum Gasteiger partial charge on any atom is 0.127 e. The lowest BCUT2D eigenvalue weighted by molar-refractivity contribution is 0.535. The molecule has 0 saturated heterocycles. The highest BCUT2D eigenvalue weighted by molar-refractivity contribution is 7.81. The zero-order chi connectivity index (χ0) is 33.9. The Hall–Kier alpha value is -4.13. The van der Waals surface area contributed by atoms with Gasteiger partial charge in [-0.2, -0.15) is 0 Å². The lowest BCUT2D eigenvalue weighted by Gasteiger charge is -2.38. The number of anilines is 6. The quantitative estimate of drug-likeness (QED) is 0.0604. The summed E-state index contributed by atoms with van der Waals surface area (Å²) in [5.41, 5.74) is 11.0. The molecule has 0 unspecified atom stereocenters. The van der Waals surface area contributed by atoms with Gasteiger partial charge in [-0.15, -0.1) is 5.53 Å². The summed E-state index contributed by atoms with van der Waals surface area (Å²) in [6, 6.07) is 37.5. The van der Waals surface area contributed by atoms with Crippen molar-refractivity contribution in [1.29, 1.82) is 0 Å². The van der Waals surface area contributed by atoms with Crippen molar-refractivity contribution in [1.82, 2.24) is 5.53 Å². The Morgan fingerprint density at radius 2 is 0.898 bits per heavy atom. The third-order valence-electron chi connectivity index (χ3n) is 9.17. The molecule has 0 spiro atoms. The molecule has 0 radical (unpaired) electrons. The highest BCUT2D eigenvalue weighted by atomic mass is 32.1. The largest absolute Gasteiger partial charge is 0.356 e. The smallest absolute Gasteiger partial charge is 0.127 e. The number of hydrogen-bond acceptors (Lipinski definition) is 5. The topological polar surface area (TPSA) is 42.6 Å². The number of nitrogens with zero attached hydrogens (tertiary/aromatic N) is 2. The first kappa shape index (κ1) is 36.2. The van der Waals surface area contributed by atoms with Crippen molar-refractivity contribution in [3.05, 3.63) is 121 Å². The van der Waals surface area contributed by atoms with Crippen LogP contribution in [-0.2, 0) is 0 Å². The number of nitrogens with one attached hydrogen (secondary N) is 3. The lowest BCUT2D eigenvalue weighted by Crippen LogP contribution is -2.54. The molecule has 1 aliphatic rings. The molecule has 6 heteroatoms. The summed E-state index contributed by atoms with van der Waals surface area (Å²) in [6.07, 6.45) is 22.2. The summed E-state index contributed by atoms with van der Waals surface area (Å²) >= 11 is 6.11. The van der Waals surface area contributed by atoms with Gasteiger partial charge in [0, 0.05) is 34.5 Å². The van der Waals surface area contributed by atoms with Crippen LogP contribution in [0.4, 0.5) is 34.1 Å². The minimum atomic E-state index is 0.831. The monoisotopic (exact) mass is 673 g/mol. The van der Waals surface area contributed by atoms with Gasteiger partial charge < -0.3 is 10.6 Å². The molecule has 0 aromatic heterocycles. The van der Waals surface area contributed by atoms with E-state index in [0.29, 0.717) is 0 Å². The first-order chi connectivity index (χ1) is 24.2. The first-order valence-electron chi connectivity index (χ1n) is 18.6. The van der Waals surface area contributed by atoms with Crippen LogP contribution in [0.1, 0.15) is 103 Å². The molecule has 0 saturated carbocycles. The van der Waals surface area contributed by atoms with E-state index >= 15 is 0 Å². The minimum Gasteiger partial charge on any atom is -0.356 e. The molecule has 5 rings (SSSR count). The summed E-state index contributed by atoms with van der Waals surface area (Å²) in [6.45, 7) is 2.29. The maximum absolute atomic E-state index is 6.11. The van der Waals surface area contributed by atoms with Crippen LogP contribution in [0.25, 0.3) is 0 Å². The van der Waals surface area contributed by atoms with E-state index in [0.717, 1.165) is 52.0 Å². The number of thiocarbonyl (C=S) groups is 1. The molecule has 258 valence electrons. The summed E-state index contributed by atoms with van der Waals surface area (Å²) in [4.78, 5) is 0.831. The van der Waals surface area contributed by atoms with Crippen LogP contribution in [0.2, 0.25) is 0 Å². The zero-order valence-electron chi connectivity index (χ0n) is 29.4. The number of benzene rings is 4. The average molecular weight is 674 g/mol. The molecule has 5 nitrogen and oxygen atoms in total. The Kier molecular flexibility index (Phi) is 15.1. The molecule has 4 aromatic rings. The van der Waals surface area contributed by atoms with E-state index in [1.807, 2.05) is 41.4 Å². The SMILES string of the molecule is CCCCCCCCCCCCCCCCC1=CN(c2ccc(Nc3ccccc3)cc2)NN(c2ccc(Nc3ccccc3)cc2)C1=S. The predicted molar refractivity (Wildman–Crippen MR) is 216 cm³/mol. The molecular weight excluding hydrogens is 619 g/mol. The number of hydrogen-bond donors (Lipinski definition) is 3. The van der Waals surface area contributed by atoms with Crippen molar-refractivity contribution in [3.63, 3.8) is 0 Å². The fourth-order valence-electron chi connectivity index (χ4n) is 6.30. The molecular formula is C43H55N5S. The minimum absolute atomic E-state index is 0.831. The average Bonchev–Trinajstić information content (AvgIpc) is 3.14. The van der Waals surface area contributed by atoms with Crippen molar-refractivity contribution >= 4 is 51.3 Å². The van der Waals surface area contributed by atoms with E-state index < -0.39 is 0 Å². The van der Waals surface area contributed by atoms with Crippen LogP contribution >= 0.6 is 12.2 Å². The fourth-order valence-corrected chi connectivity index (χ4v) is 6.60. The van der Waals surface area contributed by atoms with Gasteiger partial charge in [0.2, 0.25) is 0 Å². The van der Waals surface area contributed by atoms with Crippen LogP contribution in [-0.4, -0.2) is 4.99 Å². The standard InChI is InChI=1S/C43H55N5S/c1-2-3-4-5-6-7-8-9-10-11-12-13-14-17-22-36-35-47(41-31-27-39(28-32-41)44-37-23-18-15-19-24-37)46-48(43(36)49)42-33-29-40(30-34-42)45-38-25-20-16-21-26-38/h15-16,18-21,23-35,44-46H,2-14,17,22H2,1H3. The Bertz CT molecular complexity index is 1540. The second-order valence-corrected chi connectivity index (χ2v) is 13.6. The van der Waals surface area contributed by atoms with Gasteiger partial charge in [-0.25, -0.2) is 5.01 Å². The summed E-state index contributed by atoms with van der Waals surface area (Å²) in [5, 5.41) is 11.1. The third-order valence-corrected chi connectivity index (χ3v) is 9.61. The lowest BCUT2D eigenvalue weighted by atomic mass is 10.0. The van der Waals surface area contributed by atoms with E-state index in [1.54, 1.807) is 0 Å². The van der Waals surface area contributed by atoms with Crippen LogP contribution < -0.4 is 26.2 Å². The molecule has 0 bridgehead atoms. The van der Waals surface area contributed by atoms with E-state index in [2.05, 4.69) is 107 Å². The van der Waals surface area contributed by atoms with Crippen LogP contribution in [0.15, 0.2) is 121 Å². The van der Waals surface area contributed by atoms with Gasteiger partial charge in [-0.05, 0) is 85.6 Å². The Morgan fingerprint density at radius 3 is 1.37 bits per heavy atom. The molecule has 4 aromatic carbocycles. The van der Waals surface area contributed by atoms with E-state index in [4.69, 9.17) is 12.2 Å². The number of para-hydroxylation sites is 2. The van der Waals surface area contributed by atoms with Gasteiger partial charge in [0.05, 0.1) is 11.4 Å². The Balaban J connectivity index is 1.16. The molecule has 49 heavy (non-hydrogen) atoms. The van der Waals surface area contributed by atoms with Crippen molar-refractivity contribution in [2.45, 2.75) is 103 Å². The van der Waals surface area contributed by atoms with Crippen LogP contribution in [0.3, 0.4) is 0 Å². The Labute approximate surface area is 300 Å². The number of unbranched alkanes of at least 4 members (excludes halogenated alkanes) is 13. The van der Waals surface area contributed by atoms with E-state index in [9.17, 15) is 0 Å². The maximum atomic E-state index is 6.11.